The van der Waals surface area contributed by atoms with Crippen LogP contribution in [0.15, 0.2) is 17.7 Å². The van der Waals surface area contributed by atoms with Gasteiger partial charge in [0.15, 0.2) is 0 Å². The zero-order chi connectivity index (χ0) is 17.0. The number of rotatable bonds is 3. The van der Waals surface area contributed by atoms with Gasteiger partial charge in [0.2, 0.25) is 0 Å². The van der Waals surface area contributed by atoms with Crippen LogP contribution >= 0.6 is 45.2 Å². The minimum atomic E-state index is -0.315. The van der Waals surface area contributed by atoms with Crippen molar-refractivity contribution in [2.75, 3.05) is 0 Å². The van der Waals surface area contributed by atoms with Gasteiger partial charge in [0.05, 0.1) is 7.14 Å². The molecule has 2 N–H and O–H groups in total. The van der Waals surface area contributed by atoms with Gasteiger partial charge in [-0.2, -0.15) is 5.26 Å². The number of hydrogen-bond acceptors (Lipinski definition) is 3. The van der Waals surface area contributed by atoms with Crippen LogP contribution in [-0.4, -0.2) is 17.1 Å². The van der Waals surface area contributed by atoms with Crippen LogP contribution in [0.4, 0.5) is 0 Å². The highest BCUT2D eigenvalue weighted by Crippen LogP contribution is 2.28. The summed E-state index contributed by atoms with van der Waals surface area (Å²) in [5.41, 5.74) is 0.833. The SMILES string of the molecule is C[C@H]1CCCC[C@@H]1NC(=O)/C(C#N)=C/c1cc(I)c(O)c(I)c1. The number of amides is 1. The molecule has 2 rings (SSSR count). The van der Waals surface area contributed by atoms with E-state index in [4.69, 9.17) is 0 Å². The van der Waals surface area contributed by atoms with E-state index in [9.17, 15) is 15.2 Å². The van der Waals surface area contributed by atoms with Crippen molar-refractivity contribution in [3.05, 3.63) is 30.4 Å². The van der Waals surface area contributed by atoms with E-state index in [1.54, 1.807) is 18.2 Å². The molecule has 4 nitrogen and oxygen atoms in total. The minimum Gasteiger partial charge on any atom is -0.506 e. The molecular formula is C17H18I2N2O2. The van der Waals surface area contributed by atoms with E-state index in [1.807, 2.05) is 51.3 Å². The Hall–Kier alpha value is -0.820. The predicted octanol–water partition coefficient (Wildman–Crippen LogP) is 4.20. The van der Waals surface area contributed by atoms with Crippen LogP contribution in [0.5, 0.6) is 5.75 Å². The molecule has 1 aromatic rings. The number of halogens is 2. The molecule has 0 radical (unpaired) electrons. The molecule has 1 amide bonds. The molecule has 1 aliphatic rings. The third kappa shape index (κ3) is 4.83. The summed E-state index contributed by atoms with van der Waals surface area (Å²) in [5, 5.41) is 22.1. The number of nitriles is 1. The van der Waals surface area contributed by atoms with E-state index >= 15 is 0 Å². The first-order chi connectivity index (χ1) is 10.9. The van der Waals surface area contributed by atoms with Crippen LogP contribution in [0.3, 0.4) is 0 Å². The van der Waals surface area contributed by atoms with Crippen molar-refractivity contribution in [1.82, 2.24) is 5.32 Å². The molecule has 1 aromatic carbocycles. The number of benzene rings is 1. The Morgan fingerprint density at radius 2 is 1.96 bits per heavy atom. The first-order valence-corrected chi connectivity index (χ1v) is 9.68. The van der Waals surface area contributed by atoms with Crippen LogP contribution in [0.25, 0.3) is 6.08 Å². The lowest BCUT2D eigenvalue weighted by atomic mass is 9.86. The van der Waals surface area contributed by atoms with Gasteiger partial charge >= 0.3 is 0 Å². The van der Waals surface area contributed by atoms with Gasteiger partial charge in [0.25, 0.3) is 5.91 Å². The molecule has 0 unspecified atom stereocenters. The highest BCUT2D eigenvalue weighted by molar-refractivity contribution is 14.1. The number of carbonyl (C=O) groups excluding carboxylic acids is 1. The van der Waals surface area contributed by atoms with Crippen LogP contribution in [-0.2, 0) is 4.79 Å². The summed E-state index contributed by atoms with van der Waals surface area (Å²) >= 11 is 4.06. The number of nitrogens with zero attached hydrogens (tertiary/aromatic N) is 1. The first kappa shape index (κ1) is 18.5. The lowest BCUT2D eigenvalue weighted by Crippen LogP contribution is -2.41. The number of phenols is 1. The van der Waals surface area contributed by atoms with E-state index in [1.165, 1.54) is 6.42 Å². The fraction of sp³-hybridized carbons (Fsp3) is 0.412. The van der Waals surface area contributed by atoms with E-state index in [-0.39, 0.29) is 23.3 Å². The molecule has 0 heterocycles. The molecule has 122 valence electrons. The molecule has 23 heavy (non-hydrogen) atoms. The van der Waals surface area contributed by atoms with Crippen molar-refractivity contribution in [3.63, 3.8) is 0 Å². The van der Waals surface area contributed by atoms with Crippen LogP contribution in [0, 0.1) is 24.4 Å². The first-order valence-electron chi connectivity index (χ1n) is 7.53. The Morgan fingerprint density at radius 3 is 2.52 bits per heavy atom. The highest BCUT2D eigenvalue weighted by Gasteiger charge is 2.24. The maximum absolute atomic E-state index is 12.4. The Morgan fingerprint density at radius 1 is 1.35 bits per heavy atom. The standard InChI is InChI=1S/C17H18I2N2O2/c1-10-4-2-3-5-15(10)21-17(23)12(9-20)6-11-7-13(18)16(22)14(19)8-11/h6-8,10,15,22H,2-5H2,1H3,(H,21,23)/b12-6+/t10-,15-/m0/s1. The molecule has 6 heteroatoms. The van der Waals surface area contributed by atoms with Crippen LogP contribution in [0.2, 0.25) is 0 Å². The van der Waals surface area contributed by atoms with Gasteiger partial charge in [0, 0.05) is 6.04 Å². The molecule has 1 aliphatic carbocycles. The van der Waals surface area contributed by atoms with Crippen molar-refractivity contribution in [3.8, 4) is 11.8 Å². The maximum atomic E-state index is 12.4. The molecule has 1 saturated carbocycles. The molecule has 1 fully saturated rings. The largest absolute Gasteiger partial charge is 0.506 e. The third-order valence-electron chi connectivity index (χ3n) is 4.14. The van der Waals surface area contributed by atoms with Gasteiger partial charge in [0.1, 0.15) is 17.4 Å². The van der Waals surface area contributed by atoms with E-state index < -0.39 is 0 Å². The van der Waals surface area contributed by atoms with Gasteiger partial charge in [-0.25, -0.2) is 0 Å². The maximum Gasteiger partial charge on any atom is 0.262 e. The Bertz CT molecular complexity index is 657. The third-order valence-corrected chi connectivity index (χ3v) is 5.79. The highest BCUT2D eigenvalue weighted by atomic mass is 127. The normalized spacial score (nSPS) is 21.6. The zero-order valence-corrected chi connectivity index (χ0v) is 17.1. The van der Waals surface area contributed by atoms with Crippen molar-refractivity contribution < 1.29 is 9.90 Å². The second kappa shape index (κ2) is 8.33. The smallest absolute Gasteiger partial charge is 0.262 e. The van der Waals surface area contributed by atoms with E-state index in [0.717, 1.165) is 24.8 Å². The fourth-order valence-corrected chi connectivity index (χ4v) is 4.58. The number of carbonyl (C=O) groups is 1. The molecule has 0 aromatic heterocycles. The second-order valence-corrected chi connectivity index (χ2v) is 8.17. The summed E-state index contributed by atoms with van der Waals surface area (Å²) < 4.78 is 1.39. The minimum absolute atomic E-state index is 0.0973. The number of hydrogen-bond donors (Lipinski definition) is 2. The number of phenolic OH excluding ortho intramolecular Hbond substituents is 1. The average Bonchev–Trinajstić information content (AvgIpc) is 2.52. The lowest BCUT2D eigenvalue weighted by molar-refractivity contribution is -0.118. The summed E-state index contributed by atoms with van der Waals surface area (Å²) in [6.07, 6.45) is 5.99. The Kier molecular flexibility index (Phi) is 6.71. The molecular weight excluding hydrogens is 518 g/mol. The van der Waals surface area contributed by atoms with Crippen LogP contribution in [0.1, 0.15) is 38.2 Å². The van der Waals surface area contributed by atoms with Gasteiger partial charge in [-0.15, -0.1) is 0 Å². The summed E-state index contributed by atoms with van der Waals surface area (Å²) in [5.74, 6) is 0.356. The monoisotopic (exact) mass is 536 g/mol. The van der Waals surface area contributed by atoms with Crippen molar-refractivity contribution in [1.29, 1.82) is 5.26 Å². The lowest BCUT2D eigenvalue weighted by Gasteiger charge is -2.29. The quantitative estimate of drug-likeness (QED) is 0.346. The fourth-order valence-electron chi connectivity index (χ4n) is 2.76. The van der Waals surface area contributed by atoms with Crippen LogP contribution < -0.4 is 5.32 Å². The van der Waals surface area contributed by atoms with Gasteiger partial charge in [-0.1, -0.05) is 19.8 Å². The summed E-state index contributed by atoms with van der Waals surface area (Å²) in [6.45, 7) is 2.14. The topological polar surface area (TPSA) is 73.1 Å². The molecule has 0 saturated heterocycles. The Balaban J connectivity index is 2.18. The summed E-state index contributed by atoms with van der Waals surface area (Å²) in [6, 6.07) is 5.65. The second-order valence-electron chi connectivity index (χ2n) is 5.84. The molecule has 0 aliphatic heterocycles. The number of aromatic hydroxyl groups is 1. The van der Waals surface area contributed by atoms with Crippen molar-refractivity contribution >= 4 is 57.2 Å². The molecule has 0 bridgehead atoms. The van der Waals surface area contributed by atoms with Gasteiger partial charge in [-0.05, 0) is 87.7 Å². The molecule has 0 spiro atoms. The van der Waals surface area contributed by atoms with Crippen molar-refractivity contribution in [2.24, 2.45) is 5.92 Å². The van der Waals surface area contributed by atoms with E-state index in [0.29, 0.717) is 13.1 Å². The summed E-state index contributed by atoms with van der Waals surface area (Å²) in [4.78, 5) is 12.4. The van der Waals surface area contributed by atoms with E-state index in [2.05, 4.69) is 12.2 Å². The predicted molar refractivity (Wildman–Crippen MR) is 107 cm³/mol. The molecule has 2 atom stereocenters. The zero-order valence-electron chi connectivity index (χ0n) is 12.8. The van der Waals surface area contributed by atoms with Gasteiger partial charge < -0.3 is 10.4 Å². The van der Waals surface area contributed by atoms with Crippen molar-refractivity contribution in [2.45, 2.75) is 38.6 Å². The number of nitrogens with one attached hydrogen (secondary N) is 1. The average molecular weight is 536 g/mol. The van der Waals surface area contributed by atoms with Gasteiger partial charge in [-0.3, -0.25) is 4.79 Å². The Labute approximate surface area is 163 Å². The summed E-state index contributed by atoms with van der Waals surface area (Å²) in [7, 11) is 0.